The van der Waals surface area contributed by atoms with E-state index in [0.29, 0.717) is 0 Å². The van der Waals surface area contributed by atoms with Crippen LogP contribution in [0.5, 0.6) is 5.75 Å². The number of carboxylic acids is 2. The maximum absolute atomic E-state index is 11.1. The summed E-state index contributed by atoms with van der Waals surface area (Å²) in [6.45, 7) is 0. The van der Waals surface area contributed by atoms with Crippen LogP contribution in [0.3, 0.4) is 0 Å². The second kappa shape index (κ2) is 11.4. The molecule has 0 aliphatic heterocycles. The number of para-hydroxylation sites is 1. The summed E-state index contributed by atoms with van der Waals surface area (Å²) in [6.07, 6.45) is 3.54. The molecule has 27 heavy (non-hydrogen) atoms. The molecule has 0 saturated carbocycles. The van der Waals surface area contributed by atoms with Gasteiger partial charge in [-0.2, -0.15) is 0 Å². The number of aromatic nitrogens is 2. The molecule has 0 amide bonds. The van der Waals surface area contributed by atoms with Crippen molar-refractivity contribution >= 4 is 11.9 Å². The first kappa shape index (κ1) is 23.7. The van der Waals surface area contributed by atoms with Crippen LogP contribution in [0.4, 0.5) is 0 Å². The maximum atomic E-state index is 11.1. The van der Waals surface area contributed by atoms with Gasteiger partial charge in [-0.15, -0.1) is 0 Å². The number of nitrogens with zero attached hydrogens (tertiary/aromatic N) is 2. The average Bonchev–Trinajstić information content (AvgIpc) is 2.63. The van der Waals surface area contributed by atoms with Gasteiger partial charge < -0.3 is 25.6 Å². The van der Waals surface area contributed by atoms with Crippen LogP contribution in [0.25, 0.3) is 11.4 Å². The Morgan fingerprint density at radius 3 is 1.67 bits per heavy atom. The molecule has 8 nitrogen and oxygen atoms in total. The van der Waals surface area contributed by atoms with Crippen LogP contribution in [0.2, 0.25) is 0 Å². The van der Waals surface area contributed by atoms with E-state index < -0.39 is 28.8 Å². The Morgan fingerprint density at radius 1 is 0.815 bits per heavy atom. The van der Waals surface area contributed by atoms with E-state index in [0.717, 1.165) is 23.5 Å². The number of hydrogen-bond donors (Lipinski definition) is 1. The van der Waals surface area contributed by atoms with Gasteiger partial charge in [0.25, 0.3) is 0 Å². The number of hydrogen-bond acceptors (Lipinski definition) is 6. The van der Waals surface area contributed by atoms with E-state index >= 15 is 0 Å². The summed E-state index contributed by atoms with van der Waals surface area (Å²) in [4.78, 5) is 29.0. The predicted octanol–water partition coefficient (Wildman–Crippen LogP) is 0.138. The monoisotopic (exact) mass is 417 g/mol. The fourth-order valence-corrected chi connectivity index (χ4v) is 1.89. The minimum absolute atomic E-state index is 0. The fraction of sp³-hybridized carbons (Fsp3) is 0. The van der Waals surface area contributed by atoms with Crippen LogP contribution < -0.4 is 10.2 Å². The van der Waals surface area contributed by atoms with Crippen molar-refractivity contribution < 1.29 is 47.5 Å². The Bertz CT molecular complexity index is 806. The Morgan fingerprint density at radius 2 is 1.30 bits per heavy atom. The van der Waals surface area contributed by atoms with Crippen molar-refractivity contribution in [2.45, 2.75) is 0 Å². The van der Waals surface area contributed by atoms with Gasteiger partial charge in [-0.1, -0.05) is 30.0 Å². The molecule has 2 heterocycles. The summed E-state index contributed by atoms with van der Waals surface area (Å²) in [5, 5.41) is 29.8. The molecule has 0 spiro atoms. The molecule has 2 aromatic heterocycles. The van der Waals surface area contributed by atoms with E-state index in [4.69, 9.17) is 5.11 Å². The minimum atomic E-state index is -1.67. The first-order valence-electron chi connectivity index (χ1n) is 7.08. The molecule has 1 radical (unpaired) electrons. The molecule has 9 heteroatoms. The molecule has 0 saturated heterocycles. The van der Waals surface area contributed by atoms with E-state index in [-0.39, 0.29) is 22.5 Å². The summed E-state index contributed by atoms with van der Waals surface area (Å²) < 4.78 is 0. The van der Waals surface area contributed by atoms with Crippen molar-refractivity contribution in [3.8, 4) is 17.1 Å². The third kappa shape index (κ3) is 6.52. The molecule has 3 rings (SSSR count). The summed E-state index contributed by atoms with van der Waals surface area (Å²) in [6, 6.07) is 14.8. The normalized spacial score (nSPS) is 8.89. The Kier molecular flexibility index (Phi) is 10.00. The van der Waals surface area contributed by atoms with Crippen LogP contribution in [-0.4, -0.2) is 32.5 Å². The van der Waals surface area contributed by atoms with Crippen LogP contribution in [0.15, 0.2) is 67.0 Å². The van der Waals surface area contributed by atoms with Gasteiger partial charge in [0.05, 0.1) is 22.9 Å². The molecule has 0 aliphatic carbocycles. The molecule has 143 valence electrons. The predicted molar refractivity (Wildman–Crippen MR) is 88.3 cm³/mol. The molecule has 1 aromatic carbocycles. The van der Waals surface area contributed by atoms with E-state index in [9.17, 15) is 19.8 Å². The first-order chi connectivity index (χ1) is 12.0. The molecule has 0 aliphatic rings. The van der Waals surface area contributed by atoms with Gasteiger partial charge in [-0.05, 0) is 35.9 Å². The summed E-state index contributed by atoms with van der Waals surface area (Å²) in [5.41, 5.74) is 0.623. The van der Waals surface area contributed by atoms with Crippen LogP contribution in [0, 0.1) is 0 Å². The van der Waals surface area contributed by atoms with Crippen molar-refractivity contribution in [1.82, 2.24) is 9.97 Å². The van der Waals surface area contributed by atoms with Gasteiger partial charge in [0, 0.05) is 12.4 Å². The molecule has 0 fully saturated rings. The van der Waals surface area contributed by atoms with Crippen LogP contribution >= 0.6 is 0 Å². The number of pyridine rings is 2. The third-order valence-electron chi connectivity index (χ3n) is 3.06. The Balaban J connectivity index is 0.000000467. The van der Waals surface area contributed by atoms with Crippen molar-refractivity contribution in [2.75, 3.05) is 0 Å². The first-order valence-corrected chi connectivity index (χ1v) is 7.08. The van der Waals surface area contributed by atoms with Gasteiger partial charge in [0.1, 0.15) is 0 Å². The molecule has 0 atom stereocenters. The standard InChI is InChI=1S/C10H8N2.C8H6O5.Cu.H2O/c1-3-7-11-9(5-1)10-6-2-4-8-12-10;9-6-4(7(10)11)2-1-3-5(6)8(12)13;;/h1-8H;1-3,9H,(H,10,11)(H,12,13);;1H2/q;;+2;/p-2. The molecule has 3 N–H and O–H groups in total. The van der Waals surface area contributed by atoms with Crippen molar-refractivity contribution in [3.63, 3.8) is 0 Å². The van der Waals surface area contributed by atoms with E-state index in [1.807, 2.05) is 36.4 Å². The molecule has 3 aromatic rings. The Labute approximate surface area is 165 Å². The second-order valence-corrected chi connectivity index (χ2v) is 4.70. The minimum Gasteiger partial charge on any atom is -0.871 e. The smallest absolute Gasteiger partial charge is 0.871 e. The van der Waals surface area contributed by atoms with Crippen LogP contribution in [-0.2, 0) is 17.1 Å². The quantitative estimate of drug-likeness (QED) is 0.593. The zero-order chi connectivity index (χ0) is 18.2. The van der Waals surface area contributed by atoms with Gasteiger partial charge in [0.2, 0.25) is 0 Å². The topological polar surface area (TPSA) is 158 Å². The molecule has 0 bridgehead atoms. The van der Waals surface area contributed by atoms with Gasteiger partial charge in [-0.25, -0.2) is 4.79 Å². The number of carboxylic acid groups (broad SMARTS) is 2. The second-order valence-electron chi connectivity index (χ2n) is 4.70. The summed E-state index contributed by atoms with van der Waals surface area (Å²) in [5.74, 6) is -4.16. The molecular formula is C18H14CuN2O6. The number of carbonyl (C=O) groups is 2. The van der Waals surface area contributed by atoms with E-state index in [1.54, 1.807) is 12.4 Å². The van der Waals surface area contributed by atoms with Crippen molar-refractivity contribution in [3.05, 3.63) is 78.1 Å². The molecular weight excluding hydrogens is 404 g/mol. The van der Waals surface area contributed by atoms with Crippen molar-refractivity contribution in [1.29, 1.82) is 0 Å². The largest absolute Gasteiger partial charge is 2.00 e. The van der Waals surface area contributed by atoms with Gasteiger partial charge in [0.15, 0.2) is 0 Å². The number of aromatic carboxylic acids is 2. The zero-order valence-electron chi connectivity index (χ0n) is 13.6. The average molecular weight is 418 g/mol. The summed E-state index contributed by atoms with van der Waals surface area (Å²) >= 11 is 0. The third-order valence-corrected chi connectivity index (χ3v) is 3.06. The fourth-order valence-electron chi connectivity index (χ4n) is 1.89. The van der Waals surface area contributed by atoms with E-state index in [2.05, 4.69) is 9.97 Å². The maximum Gasteiger partial charge on any atom is 2.00 e. The number of rotatable bonds is 3. The van der Waals surface area contributed by atoms with Crippen molar-refractivity contribution in [2.24, 2.45) is 0 Å². The summed E-state index contributed by atoms with van der Waals surface area (Å²) in [7, 11) is 0. The SMILES string of the molecule is O.O=C([O-])c1cccc(C(=O)O)c1[O-].[Cu+2].c1ccc(-c2ccccn2)nc1. The Hall–Kier alpha value is -3.26. The van der Waals surface area contributed by atoms with Gasteiger partial charge in [-0.3, -0.25) is 9.97 Å². The number of carbonyl (C=O) groups excluding carboxylic acids is 1. The number of benzene rings is 1. The van der Waals surface area contributed by atoms with Crippen LogP contribution in [0.1, 0.15) is 20.7 Å². The van der Waals surface area contributed by atoms with E-state index in [1.165, 1.54) is 6.07 Å². The van der Waals surface area contributed by atoms with Gasteiger partial charge >= 0.3 is 23.0 Å². The molecule has 0 unspecified atom stereocenters. The zero-order valence-corrected chi connectivity index (χ0v) is 14.6.